The summed E-state index contributed by atoms with van der Waals surface area (Å²) in [6, 6.07) is 20.6. The number of nitriles is 1. The SMILES string of the molecule is N#Cc1ccc(COC(=O)c2cccc(S(=O)(=O)N3CCN(c4ccc(F)cc4)CC3)c2)cc1. The molecule has 1 fully saturated rings. The summed E-state index contributed by atoms with van der Waals surface area (Å²) in [4.78, 5) is 14.5. The number of hydrogen-bond donors (Lipinski definition) is 0. The summed E-state index contributed by atoms with van der Waals surface area (Å²) in [7, 11) is -3.80. The molecule has 7 nitrogen and oxygen atoms in total. The molecular weight excluding hydrogens is 457 g/mol. The van der Waals surface area contributed by atoms with Gasteiger partial charge in [-0.25, -0.2) is 17.6 Å². The maximum Gasteiger partial charge on any atom is 0.338 e. The minimum Gasteiger partial charge on any atom is -0.457 e. The Morgan fingerprint density at radius 2 is 1.65 bits per heavy atom. The normalized spacial score (nSPS) is 14.4. The molecular formula is C25H22FN3O4S. The van der Waals surface area contributed by atoms with Crippen molar-refractivity contribution >= 4 is 21.7 Å². The Labute approximate surface area is 197 Å². The molecule has 0 aromatic heterocycles. The summed E-state index contributed by atoms with van der Waals surface area (Å²) in [5.74, 6) is -0.956. The van der Waals surface area contributed by atoms with Crippen LogP contribution >= 0.6 is 0 Å². The summed E-state index contributed by atoms with van der Waals surface area (Å²) < 4.78 is 46.2. The van der Waals surface area contributed by atoms with Gasteiger partial charge in [-0.15, -0.1) is 0 Å². The summed E-state index contributed by atoms with van der Waals surface area (Å²) >= 11 is 0. The topological polar surface area (TPSA) is 90.7 Å². The number of carbonyl (C=O) groups is 1. The average Bonchev–Trinajstić information content (AvgIpc) is 2.88. The van der Waals surface area contributed by atoms with Crippen molar-refractivity contribution in [3.8, 4) is 6.07 Å². The van der Waals surface area contributed by atoms with Crippen molar-refractivity contribution in [3.05, 3.63) is 95.3 Å². The number of ether oxygens (including phenoxy) is 1. The van der Waals surface area contributed by atoms with E-state index in [0.717, 1.165) is 11.3 Å². The van der Waals surface area contributed by atoms with E-state index in [2.05, 4.69) is 0 Å². The molecule has 174 valence electrons. The highest BCUT2D eigenvalue weighted by molar-refractivity contribution is 7.89. The number of hydrogen-bond acceptors (Lipinski definition) is 6. The van der Waals surface area contributed by atoms with Crippen LogP contribution in [-0.2, 0) is 21.4 Å². The van der Waals surface area contributed by atoms with Gasteiger partial charge in [-0.1, -0.05) is 18.2 Å². The lowest BCUT2D eigenvalue weighted by Crippen LogP contribution is -2.48. The van der Waals surface area contributed by atoms with E-state index in [1.807, 2.05) is 11.0 Å². The van der Waals surface area contributed by atoms with Crippen molar-refractivity contribution < 1.29 is 22.3 Å². The zero-order chi connectivity index (χ0) is 24.1. The van der Waals surface area contributed by atoms with Gasteiger partial charge in [0.1, 0.15) is 12.4 Å². The van der Waals surface area contributed by atoms with Crippen molar-refractivity contribution in [2.24, 2.45) is 0 Å². The highest BCUT2D eigenvalue weighted by atomic mass is 32.2. The third kappa shape index (κ3) is 5.25. The molecule has 0 bridgehead atoms. The standard InChI is InChI=1S/C25H22FN3O4S/c26-22-8-10-23(11-9-22)28-12-14-29(15-13-28)34(31,32)24-3-1-2-21(16-24)25(30)33-18-20-6-4-19(17-27)5-7-20/h1-11,16H,12-15,18H2. The lowest BCUT2D eigenvalue weighted by Gasteiger charge is -2.35. The largest absolute Gasteiger partial charge is 0.457 e. The van der Waals surface area contributed by atoms with Gasteiger partial charge in [-0.05, 0) is 60.2 Å². The molecule has 1 aliphatic rings. The molecule has 0 radical (unpaired) electrons. The molecule has 0 saturated carbocycles. The van der Waals surface area contributed by atoms with E-state index in [-0.39, 0.29) is 36.0 Å². The van der Waals surface area contributed by atoms with Crippen LogP contribution in [0.2, 0.25) is 0 Å². The highest BCUT2D eigenvalue weighted by Crippen LogP contribution is 2.22. The number of benzene rings is 3. The zero-order valence-corrected chi connectivity index (χ0v) is 19.0. The van der Waals surface area contributed by atoms with Crippen LogP contribution in [-0.4, -0.2) is 44.9 Å². The lowest BCUT2D eigenvalue weighted by atomic mass is 10.1. The molecule has 0 amide bonds. The minimum atomic E-state index is -3.80. The molecule has 34 heavy (non-hydrogen) atoms. The van der Waals surface area contributed by atoms with Crippen molar-refractivity contribution in [2.45, 2.75) is 11.5 Å². The van der Waals surface area contributed by atoms with Crippen molar-refractivity contribution in [3.63, 3.8) is 0 Å². The molecule has 0 N–H and O–H groups in total. The summed E-state index contributed by atoms with van der Waals surface area (Å²) in [5.41, 5.74) is 2.20. The molecule has 1 heterocycles. The number of halogens is 1. The molecule has 0 atom stereocenters. The second-order valence-corrected chi connectivity index (χ2v) is 9.72. The van der Waals surface area contributed by atoms with Gasteiger partial charge in [0.05, 0.1) is 22.1 Å². The van der Waals surface area contributed by atoms with Crippen LogP contribution in [0.3, 0.4) is 0 Å². The molecule has 0 unspecified atom stereocenters. The molecule has 0 aliphatic carbocycles. The van der Waals surface area contributed by atoms with Gasteiger partial charge in [0.2, 0.25) is 10.0 Å². The Hall–Kier alpha value is -3.74. The van der Waals surface area contributed by atoms with E-state index in [0.29, 0.717) is 18.7 Å². The molecule has 1 aliphatic heterocycles. The Kier molecular flexibility index (Phi) is 6.91. The van der Waals surface area contributed by atoms with Gasteiger partial charge in [-0.3, -0.25) is 0 Å². The fourth-order valence-corrected chi connectivity index (χ4v) is 5.15. The average molecular weight is 480 g/mol. The van der Waals surface area contributed by atoms with Crippen LogP contribution in [0.1, 0.15) is 21.5 Å². The first kappa shape index (κ1) is 23.4. The summed E-state index contributed by atoms with van der Waals surface area (Å²) in [5, 5.41) is 8.85. The van der Waals surface area contributed by atoms with Gasteiger partial charge in [0, 0.05) is 31.9 Å². The number of sulfonamides is 1. The third-order valence-electron chi connectivity index (χ3n) is 5.59. The predicted octanol–water partition coefficient (Wildman–Crippen LogP) is 3.57. The van der Waals surface area contributed by atoms with Crippen molar-refractivity contribution in [2.75, 3.05) is 31.1 Å². The minimum absolute atomic E-state index is 0.00681. The number of esters is 1. The first-order chi connectivity index (χ1) is 16.4. The van der Waals surface area contributed by atoms with Crippen LogP contribution in [0.25, 0.3) is 0 Å². The van der Waals surface area contributed by atoms with E-state index in [9.17, 15) is 17.6 Å². The second-order valence-electron chi connectivity index (χ2n) is 7.78. The van der Waals surface area contributed by atoms with Crippen LogP contribution in [0.5, 0.6) is 0 Å². The number of anilines is 1. The quantitative estimate of drug-likeness (QED) is 0.502. The van der Waals surface area contributed by atoms with E-state index in [1.54, 1.807) is 36.4 Å². The van der Waals surface area contributed by atoms with Gasteiger partial charge in [-0.2, -0.15) is 9.57 Å². The molecule has 3 aromatic carbocycles. The predicted molar refractivity (Wildman–Crippen MR) is 124 cm³/mol. The molecule has 4 rings (SSSR count). The van der Waals surface area contributed by atoms with Gasteiger partial charge < -0.3 is 9.64 Å². The molecule has 9 heteroatoms. The van der Waals surface area contributed by atoms with Gasteiger partial charge in [0.25, 0.3) is 0 Å². The molecule has 0 spiro atoms. The number of rotatable bonds is 6. The monoisotopic (exact) mass is 479 g/mol. The smallest absolute Gasteiger partial charge is 0.338 e. The Morgan fingerprint density at radius 1 is 0.971 bits per heavy atom. The zero-order valence-electron chi connectivity index (χ0n) is 18.2. The maximum atomic E-state index is 13.2. The van der Waals surface area contributed by atoms with Gasteiger partial charge in [0.15, 0.2) is 0 Å². The van der Waals surface area contributed by atoms with E-state index in [4.69, 9.17) is 10.00 Å². The Bertz CT molecular complexity index is 1310. The fraction of sp³-hybridized carbons (Fsp3) is 0.200. The molecule has 1 saturated heterocycles. The van der Waals surface area contributed by atoms with Crippen LogP contribution in [0.4, 0.5) is 10.1 Å². The summed E-state index contributed by atoms with van der Waals surface area (Å²) in [6.07, 6.45) is 0. The number of nitrogens with zero attached hydrogens (tertiary/aromatic N) is 3. The van der Waals surface area contributed by atoms with E-state index in [1.165, 1.54) is 40.7 Å². The first-order valence-corrected chi connectivity index (χ1v) is 12.1. The van der Waals surface area contributed by atoms with Crippen LogP contribution in [0.15, 0.2) is 77.7 Å². The van der Waals surface area contributed by atoms with Crippen LogP contribution < -0.4 is 4.90 Å². The second kappa shape index (κ2) is 10.0. The maximum absolute atomic E-state index is 13.2. The number of piperazine rings is 1. The van der Waals surface area contributed by atoms with E-state index >= 15 is 0 Å². The van der Waals surface area contributed by atoms with Crippen molar-refractivity contribution in [1.82, 2.24) is 4.31 Å². The summed E-state index contributed by atoms with van der Waals surface area (Å²) in [6.45, 7) is 1.49. The van der Waals surface area contributed by atoms with Crippen LogP contribution in [0, 0.1) is 17.1 Å². The molecule has 3 aromatic rings. The fourth-order valence-electron chi connectivity index (χ4n) is 3.68. The van der Waals surface area contributed by atoms with E-state index < -0.39 is 16.0 Å². The lowest BCUT2D eigenvalue weighted by molar-refractivity contribution is 0.0472. The third-order valence-corrected chi connectivity index (χ3v) is 7.49. The Balaban J connectivity index is 1.40. The number of carbonyl (C=O) groups excluding carboxylic acids is 1. The first-order valence-electron chi connectivity index (χ1n) is 10.6. The van der Waals surface area contributed by atoms with Crippen molar-refractivity contribution in [1.29, 1.82) is 5.26 Å². The highest BCUT2D eigenvalue weighted by Gasteiger charge is 2.29. The van der Waals surface area contributed by atoms with Gasteiger partial charge >= 0.3 is 5.97 Å². The Morgan fingerprint density at radius 3 is 2.29 bits per heavy atom.